The van der Waals surface area contributed by atoms with Crippen LogP contribution in [0.4, 0.5) is 5.69 Å². The van der Waals surface area contributed by atoms with Gasteiger partial charge in [0.05, 0.1) is 4.88 Å². The number of thiophene rings is 1. The number of carbonyl (C=O) groups excluding carboxylic acids is 1. The van der Waals surface area contributed by atoms with Gasteiger partial charge in [0.15, 0.2) is 0 Å². The molecule has 1 heterocycles. The van der Waals surface area contributed by atoms with Crippen molar-refractivity contribution >= 4 is 22.9 Å². The zero-order valence-electron chi connectivity index (χ0n) is 11.5. The van der Waals surface area contributed by atoms with Gasteiger partial charge >= 0.3 is 0 Å². The molecule has 0 bridgehead atoms. The summed E-state index contributed by atoms with van der Waals surface area (Å²) < 4.78 is 0. The van der Waals surface area contributed by atoms with Crippen LogP contribution in [-0.2, 0) is 4.79 Å². The Labute approximate surface area is 131 Å². The molecular weight excluding hydrogens is 300 g/mol. The van der Waals surface area contributed by atoms with Crippen LogP contribution in [0.1, 0.15) is 16.9 Å². The van der Waals surface area contributed by atoms with E-state index in [0.717, 1.165) is 10.4 Å². The van der Waals surface area contributed by atoms with Crippen LogP contribution in [0.3, 0.4) is 0 Å². The molecule has 1 aromatic heterocycles. The molecule has 1 aromatic carbocycles. The Morgan fingerprint density at radius 1 is 1.32 bits per heavy atom. The van der Waals surface area contributed by atoms with Gasteiger partial charge in [-0.15, -0.1) is 11.3 Å². The Morgan fingerprint density at radius 2 is 2.18 bits per heavy atom. The Morgan fingerprint density at radius 3 is 2.86 bits per heavy atom. The predicted octanol–water partition coefficient (Wildman–Crippen LogP) is 2.75. The molecule has 0 saturated heterocycles. The average Bonchev–Trinajstić information content (AvgIpc) is 3.15. The molecule has 1 aliphatic carbocycles. The molecule has 110 valence electrons. The second-order valence-corrected chi connectivity index (χ2v) is 5.94. The maximum Gasteiger partial charge on any atom is 0.234 e. The number of nitro groups is 1. The van der Waals surface area contributed by atoms with Crippen molar-refractivity contribution in [3.05, 3.63) is 62.3 Å². The number of nitrogens with one attached hydrogen (secondary N) is 1. The lowest BCUT2D eigenvalue weighted by Gasteiger charge is -2.03. The second-order valence-electron chi connectivity index (χ2n) is 4.99. The van der Waals surface area contributed by atoms with Gasteiger partial charge in [-0.25, -0.2) is 0 Å². The molecule has 5 nitrogen and oxygen atoms in total. The first kappa shape index (κ1) is 14.3. The Balaban J connectivity index is 1.67. The summed E-state index contributed by atoms with van der Waals surface area (Å²) in [5, 5.41) is 15.3. The zero-order chi connectivity index (χ0) is 15.5. The number of rotatable bonds is 3. The molecular formula is C16H12N2O3S. The second kappa shape index (κ2) is 6.00. The van der Waals surface area contributed by atoms with Crippen LogP contribution >= 0.6 is 11.3 Å². The normalized spacial score (nSPS) is 18.9. The van der Waals surface area contributed by atoms with Crippen LogP contribution in [-0.4, -0.2) is 16.9 Å². The minimum atomic E-state index is -0.734. The zero-order valence-corrected chi connectivity index (χ0v) is 12.3. The lowest BCUT2D eigenvalue weighted by Crippen LogP contribution is -2.18. The van der Waals surface area contributed by atoms with Crippen molar-refractivity contribution in [2.75, 3.05) is 5.32 Å². The SMILES string of the molecule is O=C(Nc1cccc(C#Cc2cccs2)c1)C1CC1[N+](=O)[O-]. The van der Waals surface area contributed by atoms with Crippen molar-refractivity contribution in [1.29, 1.82) is 0 Å². The van der Waals surface area contributed by atoms with Gasteiger partial charge in [0.25, 0.3) is 0 Å². The quantitative estimate of drug-likeness (QED) is 0.538. The molecule has 0 aliphatic heterocycles. The fourth-order valence-corrected chi connectivity index (χ4v) is 2.66. The van der Waals surface area contributed by atoms with Gasteiger partial charge in [-0.3, -0.25) is 14.9 Å². The monoisotopic (exact) mass is 312 g/mol. The summed E-state index contributed by atoms with van der Waals surface area (Å²) in [6.07, 6.45) is 0.316. The maximum atomic E-state index is 11.9. The fraction of sp³-hybridized carbons (Fsp3) is 0.188. The molecule has 1 fully saturated rings. The van der Waals surface area contributed by atoms with Crippen LogP contribution < -0.4 is 5.32 Å². The number of amides is 1. The predicted molar refractivity (Wildman–Crippen MR) is 84.3 cm³/mol. The molecule has 2 aromatic rings. The minimum absolute atomic E-state index is 0.301. The largest absolute Gasteiger partial charge is 0.326 e. The first-order chi connectivity index (χ1) is 10.6. The first-order valence-electron chi connectivity index (χ1n) is 6.73. The summed E-state index contributed by atoms with van der Waals surface area (Å²) in [5.74, 6) is 5.26. The van der Waals surface area contributed by atoms with E-state index < -0.39 is 16.9 Å². The summed E-state index contributed by atoms with van der Waals surface area (Å²) in [6.45, 7) is 0. The third kappa shape index (κ3) is 3.32. The molecule has 2 unspecified atom stereocenters. The van der Waals surface area contributed by atoms with Gasteiger partial charge in [-0.05, 0) is 29.6 Å². The molecule has 1 N–H and O–H groups in total. The molecule has 1 amide bonds. The van der Waals surface area contributed by atoms with Crippen molar-refractivity contribution in [2.24, 2.45) is 5.92 Å². The third-order valence-corrected chi connectivity index (χ3v) is 4.13. The van der Waals surface area contributed by atoms with E-state index in [9.17, 15) is 14.9 Å². The Kier molecular flexibility index (Phi) is 3.90. The average molecular weight is 312 g/mol. The number of hydrogen-bond donors (Lipinski definition) is 1. The van der Waals surface area contributed by atoms with Gasteiger partial charge in [-0.1, -0.05) is 24.0 Å². The molecule has 3 rings (SSSR count). The van der Waals surface area contributed by atoms with Crippen molar-refractivity contribution in [3.63, 3.8) is 0 Å². The van der Waals surface area contributed by atoms with E-state index in [-0.39, 0.29) is 5.91 Å². The van der Waals surface area contributed by atoms with Crippen molar-refractivity contribution in [3.8, 4) is 11.8 Å². The number of nitrogens with zero attached hydrogens (tertiary/aromatic N) is 1. The number of hydrogen-bond acceptors (Lipinski definition) is 4. The highest BCUT2D eigenvalue weighted by Gasteiger charge is 2.53. The summed E-state index contributed by atoms with van der Waals surface area (Å²) in [7, 11) is 0. The highest BCUT2D eigenvalue weighted by atomic mass is 32.1. The van der Waals surface area contributed by atoms with Crippen molar-refractivity contribution < 1.29 is 9.72 Å². The third-order valence-electron chi connectivity index (χ3n) is 3.35. The Bertz CT molecular complexity index is 774. The lowest BCUT2D eigenvalue weighted by molar-refractivity contribution is -0.497. The van der Waals surface area contributed by atoms with Gasteiger partial charge < -0.3 is 5.32 Å². The number of anilines is 1. The topological polar surface area (TPSA) is 72.2 Å². The lowest BCUT2D eigenvalue weighted by atomic mass is 10.2. The van der Waals surface area contributed by atoms with Gasteiger partial charge in [0.2, 0.25) is 11.9 Å². The van der Waals surface area contributed by atoms with Crippen LogP contribution in [0.25, 0.3) is 0 Å². The summed E-state index contributed by atoms with van der Waals surface area (Å²) >= 11 is 1.56. The van der Waals surface area contributed by atoms with Crippen LogP contribution in [0.15, 0.2) is 41.8 Å². The van der Waals surface area contributed by atoms with E-state index in [1.54, 1.807) is 29.5 Å². The number of carbonyl (C=O) groups is 1. The van der Waals surface area contributed by atoms with Crippen LogP contribution in [0.2, 0.25) is 0 Å². The van der Waals surface area contributed by atoms with E-state index in [2.05, 4.69) is 17.2 Å². The molecule has 1 aliphatic rings. The van der Waals surface area contributed by atoms with Crippen LogP contribution in [0, 0.1) is 27.9 Å². The molecule has 6 heteroatoms. The molecule has 2 atom stereocenters. The summed E-state index contributed by atoms with van der Waals surface area (Å²) in [6, 6.07) is 10.3. The van der Waals surface area contributed by atoms with Gasteiger partial charge in [-0.2, -0.15) is 0 Å². The maximum absolute atomic E-state index is 11.9. The van der Waals surface area contributed by atoms with E-state index in [4.69, 9.17) is 0 Å². The Hall–Kier alpha value is -2.65. The highest BCUT2D eigenvalue weighted by molar-refractivity contribution is 7.10. The standard InChI is InChI=1S/C16H12N2O3S/c19-16(14-10-15(14)18(20)21)17-12-4-1-3-11(9-12)6-7-13-5-2-8-22-13/h1-5,8-9,14-15H,10H2,(H,17,19). The fourth-order valence-electron chi connectivity index (χ4n) is 2.09. The molecule has 0 radical (unpaired) electrons. The van der Waals surface area contributed by atoms with E-state index in [1.807, 2.05) is 23.6 Å². The highest BCUT2D eigenvalue weighted by Crippen LogP contribution is 2.34. The number of benzene rings is 1. The van der Waals surface area contributed by atoms with E-state index in [0.29, 0.717) is 12.1 Å². The van der Waals surface area contributed by atoms with Crippen molar-refractivity contribution in [1.82, 2.24) is 0 Å². The van der Waals surface area contributed by atoms with Crippen LogP contribution in [0.5, 0.6) is 0 Å². The van der Waals surface area contributed by atoms with E-state index in [1.165, 1.54) is 0 Å². The first-order valence-corrected chi connectivity index (χ1v) is 7.61. The molecule has 1 saturated carbocycles. The van der Waals surface area contributed by atoms with Gasteiger partial charge in [0, 0.05) is 22.6 Å². The van der Waals surface area contributed by atoms with E-state index >= 15 is 0 Å². The minimum Gasteiger partial charge on any atom is -0.326 e. The smallest absolute Gasteiger partial charge is 0.234 e. The summed E-state index contributed by atoms with van der Waals surface area (Å²) in [4.78, 5) is 23.1. The van der Waals surface area contributed by atoms with Gasteiger partial charge in [0.1, 0.15) is 5.92 Å². The van der Waals surface area contributed by atoms with Crippen molar-refractivity contribution in [2.45, 2.75) is 12.5 Å². The molecule has 22 heavy (non-hydrogen) atoms. The molecule has 0 spiro atoms. The summed E-state index contributed by atoms with van der Waals surface area (Å²) in [5.41, 5.74) is 1.39.